The van der Waals surface area contributed by atoms with E-state index in [0.717, 1.165) is 0 Å². The molecule has 18 heteroatoms. The van der Waals surface area contributed by atoms with Crippen LogP contribution < -0.4 is 10.6 Å². The van der Waals surface area contributed by atoms with Gasteiger partial charge in [-0.3, -0.25) is 38.8 Å². The molecule has 1 saturated heterocycles. The van der Waals surface area contributed by atoms with Gasteiger partial charge >= 0.3 is 24.0 Å². The van der Waals surface area contributed by atoms with Crippen LogP contribution in [0.15, 0.2) is 0 Å². The second-order valence-corrected chi connectivity index (χ2v) is 10.1. The van der Waals surface area contributed by atoms with Gasteiger partial charge in [0.25, 0.3) is 0 Å². The van der Waals surface area contributed by atoms with E-state index in [2.05, 4.69) is 10.6 Å². The Balaban J connectivity index is 2.41. The minimum Gasteiger partial charge on any atom is -0.480 e. The molecule has 0 unspecified atom stereocenters. The molecule has 0 aliphatic carbocycles. The zero-order valence-corrected chi connectivity index (χ0v) is 26.2. The molecule has 1 fully saturated rings. The van der Waals surface area contributed by atoms with E-state index in [4.69, 9.17) is 18.9 Å². The van der Waals surface area contributed by atoms with Gasteiger partial charge in [0.05, 0.1) is 72.4 Å². The Kier molecular flexibility index (Phi) is 22.3. The van der Waals surface area contributed by atoms with Gasteiger partial charge in [-0.05, 0) is 6.92 Å². The zero-order valence-electron chi connectivity index (χ0n) is 26.2. The first-order valence-electron chi connectivity index (χ1n) is 15.0. The first-order chi connectivity index (χ1) is 21.6. The Morgan fingerprint density at radius 3 is 1.22 bits per heavy atom. The van der Waals surface area contributed by atoms with Crippen LogP contribution in [-0.2, 0) is 38.1 Å². The van der Waals surface area contributed by atoms with Crippen molar-refractivity contribution in [1.29, 1.82) is 0 Å². The number of aliphatic carboxylic acids is 3. The number of carbonyl (C=O) groups is 5. The lowest BCUT2D eigenvalue weighted by atomic mass is 10.3. The highest BCUT2D eigenvalue weighted by Gasteiger charge is 2.21. The predicted octanol–water partition coefficient (Wildman–Crippen LogP) is -2.63. The molecule has 0 spiro atoms. The molecule has 1 aliphatic rings. The summed E-state index contributed by atoms with van der Waals surface area (Å²) in [7, 11) is 0. The summed E-state index contributed by atoms with van der Waals surface area (Å²) in [5.74, 6) is -3.29. The lowest BCUT2D eigenvalue weighted by Gasteiger charge is -2.32. The Morgan fingerprint density at radius 2 is 0.867 bits per heavy atom. The van der Waals surface area contributed by atoms with Crippen molar-refractivity contribution in [1.82, 2.24) is 30.2 Å². The van der Waals surface area contributed by atoms with Crippen LogP contribution in [0.5, 0.6) is 0 Å². The molecule has 0 radical (unpaired) electrons. The number of nitrogens with zero attached hydrogens (tertiary/aromatic N) is 4. The van der Waals surface area contributed by atoms with E-state index < -0.39 is 24.0 Å². The Hall–Kier alpha value is -3.13. The number of carboxylic acids is 3. The smallest absolute Gasteiger partial charge is 0.407 e. The molecule has 260 valence electrons. The molecule has 1 heterocycles. The zero-order chi connectivity index (χ0) is 33.3. The van der Waals surface area contributed by atoms with Gasteiger partial charge < -0.3 is 44.9 Å². The van der Waals surface area contributed by atoms with E-state index >= 15 is 0 Å². The molecule has 0 atom stereocenters. The summed E-state index contributed by atoms with van der Waals surface area (Å²) < 4.78 is 20.9. The number of carbonyl (C=O) groups excluding carboxylic acids is 2. The average Bonchev–Trinajstić information content (AvgIpc) is 2.96. The molecule has 0 saturated carbocycles. The standard InChI is InChI=1S/C27H50N6O12/c1-2-45-27(41)29-4-14-43-16-18-44-17-15-42-13-3-28-23(34)19-30-5-7-31(20-24(35)36)9-11-33(22-26(39)40)12-10-32(8-6-30)21-25(37)38/h2-22H2,1H3,(H,28,34)(H,29,41)(H,35,36)(H,37,38)(H,39,40). The highest BCUT2D eigenvalue weighted by molar-refractivity contribution is 5.78. The molecule has 0 aromatic heterocycles. The van der Waals surface area contributed by atoms with E-state index in [0.29, 0.717) is 98.5 Å². The predicted molar refractivity (Wildman–Crippen MR) is 159 cm³/mol. The number of carboxylic acid groups (broad SMARTS) is 3. The third-order valence-electron chi connectivity index (χ3n) is 6.48. The number of nitrogens with one attached hydrogen (secondary N) is 2. The van der Waals surface area contributed by atoms with Gasteiger partial charge in [-0.15, -0.1) is 0 Å². The summed E-state index contributed by atoms with van der Waals surface area (Å²) >= 11 is 0. The van der Waals surface area contributed by atoms with Crippen LogP contribution >= 0.6 is 0 Å². The highest BCUT2D eigenvalue weighted by atomic mass is 16.6. The molecule has 2 amide bonds. The van der Waals surface area contributed by atoms with Crippen LogP contribution in [0.3, 0.4) is 0 Å². The molecule has 18 nitrogen and oxygen atoms in total. The lowest BCUT2D eigenvalue weighted by Crippen LogP contribution is -2.50. The van der Waals surface area contributed by atoms with Gasteiger partial charge in [-0.2, -0.15) is 0 Å². The van der Waals surface area contributed by atoms with Gasteiger partial charge in [-0.1, -0.05) is 0 Å². The van der Waals surface area contributed by atoms with Gasteiger partial charge in [0.1, 0.15) is 0 Å². The number of hydrogen-bond acceptors (Lipinski definition) is 13. The van der Waals surface area contributed by atoms with Crippen molar-refractivity contribution >= 4 is 29.9 Å². The topological polar surface area (TPSA) is 220 Å². The van der Waals surface area contributed by atoms with Crippen LogP contribution in [0.4, 0.5) is 4.79 Å². The molecule has 45 heavy (non-hydrogen) atoms. The summed E-state index contributed by atoms with van der Waals surface area (Å²) in [6.07, 6.45) is -0.484. The second-order valence-electron chi connectivity index (χ2n) is 10.1. The van der Waals surface area contributed by atoms with E-state index in [1.165, 1.54) is 0 Å². The third-order valence-corrected chi connectivity index (χ3v) is 6.48. The van der Waals surface area contributed by atoms with Crippen molar-refractivity contribution in [3.63, 3.8) is 0 Å². The van der Waals surface area contributed by atoms with Gasteiger partial charge in [0, 0.05) is 65.4 Å². The fraction of sp³-hybridized carbons (Fsp3) is 0.815. The monoisotopic (exact) mass is 650 g/mol. The molecular formula is C27H50N6O12. The van der Waals surface area contributed by atoms with E-state index in [-0.39, 0.29) is 45.2 Å². The number of amides is 2. The van der Waals surface area contributed by atoms with Crippen molar-refractivity contribution in [3.8, 4) is 0 Å². The molecule has 1 rings (SSSR count). The molecule has 0 aromatic rings. The summed E-state index contributed by atoms with van der Waals surface area (Å²) in [5, 5.41) is 33.3. The Morgan fingerprint density at radius 1 is 0.533 bits per heavy atom. The van der Waals surface area contributed by atoms with Gasteiger partial charge in [0.2, 0.25) is 5.91 Å². The number of rotatable bonds is 21. The Labute approximate surface area is 263 Å². The molecule has 0 bridgehead atoms. The first kappa shape index (κ1) is 39.9. The van der Waals surface area contributed by atoms with Crippen LogP contribution in [-0.4, -0.2) is 203 Å². The van der Waals surface area contributed by atoms with E-state index in [1.54, 1.807) is 21.6 Å². The van der Waals surface area contributed by atoms with Gasteiger partial charge in [0.15, 0.2) is 0 Å². The summed E-state index contributed by atoms with van der Waals surface area (Å²) in [6, 6.07) is 0. The number of alkyl carbamates (subject to hydrolysis) is 1. The minimum absolute atomic E-state index is 0.0331. The number of ether oxygens (including phenoxy) is 4. The fourth-order valence-electron chi connectivity index (χ4n) is 4.26. The first-order valence-corrected chi connectivity index (χ1v) is 15.0. The van der Waals surface area contributed by atoms with Crippen LogP contribution in [0.2, 0.25) is 0 Å². The van der Waals surface area contributed by atoms with Crippen LogP contribution in [0.25, 0.3) is 0 Å². The summed E-state index contributed by atoms with van der Waals surface area (Å²) in [4.78, 5) is 64.8. The van der Waals surface area contributed by atoms with E-state index in [1.807, 2.05) is 4.90 Å². The molecule has 0 aromatic carbocycles. The largest absolute Gasteiger partial charge is 0.480 e. The van der Waals surface area contributed by atoms with Gasteiger partial charge in [-0.25, -0.2) is 4.79 Å². The highest BCUT2D eigenvalue weighted by Crippen LogP contribution is 2.01. The molecular weight excluding hydrogens is 600 g/mol. The molecule has 5 N–H and O–H groups in total. The third kappa shape index (κ3) is 23.0. The normalized spacial score (nSPS) is 16.3. The van der Waals surface area contributed by atoms with Crippen molar-refractivity contribution in [2.45, 2.75) is 6.92 Å². The average molecular weight is 651 g/mol. The SMILES string of the molecule is CCOC(=O)NCCOCCOCCOCCNC(=O)CN1CCN(CC(=O)O)CCN(CC(=O)O)CCN(CC(=O)O)CC1. The van der Waals surface area contributed by atoms with Crippen molar-refractivity contribution in [2.24, 2.45) is 0 Å². The Bertz CT molecular complexity index is 851. The second kappa shape index (κ2) is 25.1. The van der Waals surface area contributed by atoms with Crippen LogP contribution in [0.1, 0.15) is 6.92 Å². The van der Waals surface area contributed by atoms with Crippen molar-refractivity contribution in [3.05, 3.63) is 0 Å². The van der Waals surface area contributed by atoms with E-state index in [9.17, 15) is 39.3 Å². The molecule has 1 aliphatic heterocycles. The van der Waals surface area contributed by atoms with Crippen LogP contribution in [0, 0.1) is 0 Å². The quantitative estimate of drug-likeness (QED) is 0.0803. The summed E-state index contributed by atoms with van der Waals surface area (Å²) in [6.45, 7) is 6.60. The summed E-state index contributed by atoms with van der Waals surface area (Å²) in [5.41, 5.74) is 0. The minimum atomic E-state index is -1.02. The maximum absolute atomic E-state index is 12.6. The van der Waals surface area contributed by atoms with Crippen molar-refractivity contribution in [2.75, 3.05) is 138 Å². The number of hydrogen-bond donors (Lipinski definition) is 5. The fourth-order valence-corrected chi connectivity index (χ4v) is 4.26. The maximum Gasteiger partial charge on any atom is 0.407 e. The maximum atomic E-state index is 12.6. The lowest BCUT2D eigenvalue weighted by molar-refractivity contribution is -0.140. The van der Waals surface area contributed by atoms with Crippen molar-refractivity contribution < 1.29 is 58.2 Å².